The predicted molar refractivity (Wildman–Crippen MR) is 84.5 cm³/mol. The molecule has 1 heterocycles. The molecule has 1 aliphatic rings. The molecular weight excluding hydrogens is 264 g/mol. The molecule has 0 aromatic heterocycles. The second-order valence-electron chi connectivity index (χ2n) is 7.26. The Balaban J connectivity index is 2.57. The van der Waals surface area contributed by atoms with E-state index >= 15 is 0 Å². The molecule has 3 nitrogen and oxygen atoms in total. The molecule has 1 aromatic carbocycles. The van der Waals surface area contributed by atoms with Crippen LogP contribution in [0.3, 0.4) is 0 Å². The molecule has 1 atom stereocenters. The van der Waals surface area contributed by atoms with E-state index in [1.54, 1.807) is 0 Å². The molecule has 0 unspecified atom stereocenters. The highest BCUT2D eigenvalue weighted by atomic mass is 16.5. The van der Waals surface area contributed by atoms with Crippen molar-refractivity contribution in [3.8, 4) is 11.5 Å². The van der Waals surface area contributed by atoms with Crippen molar-refractivity contribution in [2.75, 3.05) is 0 Å². The van der Waals surface area contributed by atoms with E-state index in [9.17, 15) is 4.79 Å². The maximum Gasteiger partial charge on any atom is 0.163 e. The number of carbonyl (C=O) groups is 1. The monoisotopic (exact) mass is 290 g/mol. The van der Waals surface area contributed by atoms with E-state index in [1.165, 1.54) is 5.56 Å². The zero-order valence-electron chi connectivity index (χ0n) is 14.2. The average Bonchev–Trinajstić information content (AvgIpc) is 2.40. The highest BCUT2D eigenvalue weighted by Crippen LogP contribution is 2.44. The maximum absolute atomic E-state index is 11.3. The first kappa shape index (κ1) is 15.9. The molecular formula is C18H26O3. The van der Waals surface area contributed by atoms with Gasteiger partial charge in [0.2, 0.25) is 0 Å². The lowest BCUT2D eigenvalue weighted by Crippen LogP contribution is -2.38. The Bertz CT molecular complexity index is 581. The van der Waals surface area contributed by atoms with Gasteiger partial charge in [0.25, 0.3) is 0 Å². The maximum atomic E-state index is 11.3. The highest BCUT2D eigenvalue weighted by Gasteiger charge is 2.34. The Morgan fingerprint density at radius 2 is 1.76 bits per heavy atom. The number of benzene rings is 1. The van der Waals surface area contributed by atoms with Crippen LogP contribution in [0, 0.1) is 20.8 Å². The standard InChI is InChI=1S/C18H26O3/c1-11-12(2)16-14(8-9-18(7,10-19)21-16)13(3)15(11)20-17(4,5)6/h10H,8-9H2,1-7H3/t18-/m0/s1. The second kappa shape index (κ2) is 5.04. The van der Waals surface area contributed by atoms with Gasteiger partial charge in [-0.05, 0) is 78.0 Å². The second-order valence-corrected chi connectivity index (χ2v) is 7.26. The van der Waals surface area contributed by atoms with Crippen molar-refractivity contribution >= 4 is 6.29 Å². The summed E-state index contributed by atoms with van der Waals surface area (Å²) in [5.74, 6) is 1.82. The number of hydrogen-bond donors (Lipinski definition) is 0. The van der Waals surface area contributed by atoms with Gasteiger partial charge in [-0.15, -0.1) is 0 Å². The molecule has 0 N–H and O–H groups in total. The van der Waals surface area contributed by atoms with Crippen LogP contribution in [0.5, 0.6) is 11.5 Å². The van der Waals surface area contributed by atoms with Crippen molar-refractivity contribution in [3.05, 3.63) is 22.3 Å². The first-order valence-electron chi connectivity index (χ1n) is 7.55. The molecule has 1 aromatic rings. The lowest BCUT2D eigenvalue weighted by Gasteiger charge is -2.35. The third-order valence-corrected chi connectivity index (χ3v) is 4.18. The zero-order valence-corrected chi connectivity index (χ0v) is 14.2. The molecule has 0 fully saturated rings. The number of carbonyl (C=O) groups excluding carboxylic acids is 1. The van der Waals surface area contributed by atoms with Crippen LogP contribution in [-0.2, 0) is 11.2 Å². The molecule has 0 amide bonds. The summed E-state index contributed by atoms with van der Waals surface area (Å²) in [6, 6.07) is 0. The van der Waals surface area contributed by atoms with Gasteiger partial charge in [0.15, 0.2) is 11.9 Å². The number of aldehydes is 1. The van der Waals surface area contributed by atoms with Gasteiger partial charge >= 0.3 is 0 Å². The van der Waals surface area contributed by atoms with Crippen LogP contribution < -0.4 is 9.47 Å². The quantitative estimate of drug-likeness (QED) is 0.770. The summed E-state index contributed by atoms with van der Waals surface area (Å²) >= 11 is 0. The number of fused-ring (bicyclic) bond motifs is 1. The molecule has 0 spiro atoms. The third kappa shape index (κ3) is 2.92. The highest BCUT2D eigenvalue weighted by molar-refractivity contribution is 5.66. The van der Waals surface area contributed by atoms with Crippen molar-refractivity contribution in [1.82, 2.24) is 0 Å². The van der Waals surface area contributed by atoms with Crippen LogP contribution in [-0.4, -0.2) is 17.5 Å². The minimum absolute atomic E-state index is 0.233. The van der Waals surface area contributed by atoms with Crippen LogP contribution in [0.25, 0.3) is 0 Å². The summed E-state index contributed by atoms with van der Waals surface area (Å²) in [5, 5.41) is 0. The summed E-state index contributed by atoms with van der Waals surface area (Å²) in [6.07, 6.45) is 2.47. The van der Waals surface area contributed by atoms with Gasteiger partial charge in [-0.1, -0.05) is 0 Å². The van der Waals surface area contributed by atoms with Crippen LogP contribution in [0.15, 0.2) is 0 Å². The van der Waals surface area contributed by atoms with Gasteiger partial charge < -0.3 is 9.47 Å². The van der Waals surface area contributed by atoms with Gasteiger partial charge in [0, 0.05) is 5.56 Å². The van der Waals surface area contributed by atoms with Gasteiger partial charge in [-0.25, -0.2) is 0 Å². The van der Waals surface area contributed by atoms with E-state index in [0.717, 1.165) is 40.9 Å². The van der Waals surface area contributed by atoms with Gasteiger partial charge in [0.05, 0.1) is 0 Å². The van der Waals surface area contributed by atoms with E-state index in [4.69, 9.17) is 9.47 Å². The molecule has 1 aliphatic heterocycles. The van der Waals surface area contributed by atoms with Gasteiger partial charge in [-0.2, -0.15) is 0 Å². The fourth-order valence-corrected chi connectivity index (χ4v) is 2.79. The third-order valence-electron chi connectivity index (χ3n) is 4.18. The van der Waals surface area contributed by atoms with Crippen LogP contribution in [0.2, 0.25) is 0 Å². The van der Waals surface area contributed by atoms with Crippen molar-refractivity contribution in [2.45, 2.75) is 72.5 Å². The van der Waals surface area contributed by atoms with E-state index in [0.29, 0.717) is 6.42 Å². The van der Waals surface area contributed by atoms with Crippen molar-refractivity contribution in [3.63, 3.8) is 0 Å². The first-order valence-corrected chi connectivity index (χ1v) is 7.55. The normalized spacial score (nSPS) is 21.5. The van der Waals surface area contributed by atoms with E-state index < -0.39 is 5.60 Å². The minimum atomic E-state index is -0.705. The van der Waals surface area contributed by atoms with Gasteiger partial charge in [0.1, 0.15) is 17.1 Å². The smallest absolute Gasteiger partial charge is 0.163 e. The summed E-state index contributed by atoms with van der Waals surface area (Å²) < 4.78 is 12.2. The van der Waals surface area contributed by atoms with E-state index in [1.807, 2.05) is 13.8 Å². The summed E-state index contributed by atoms with van der Waals surface area (Å²) in [6.45, 7) is 14.2. The Morgan fingerprint density at radius 3 is 2.29 bits per heavy atom. The van der Waals surface area contributed by atoms with E-state index in [-0.39, 0.29) is 5.60 Å². The SMILES string of the molecule is Cc1c(C)c2c(c(C)c1OC(C)(C)C)CC[C@@](C)(C=O)O2. The Hall–Kier alpha value is -1.51. The molecule has 0 radical (unpaired) electrons. The topological polar surface area (TPSA) is 35.5 Å². The Morgan fingerprint density at radius 1 is 1.14 bits per heavy atom. The van der Waals surface area contributed by atoms with Crippen molar-refractivity contribution in [2.24, 2.45) is 0 Å². The summed E-state index contributed by atoms with van der Waals surface area (Å²) in [7, 11) is 0. The zero-order chi connectivity index (χ0) is 16.0. The largest absolute Gasteiger partial charge is 0.488 e. The fourth-order valence-electron chi connectivity index (χ4n) is 2.79. The molecule has 0 saturated heterocycles. The number of hydrogen-bond acceptors (Lipinski definition) is 3. The summed E-state index contributed by atoms with van der Waals surface area (Å²) in [5.41, 5.74) is 3.54. The molecule has 3 heteroatoms. The van der Waals surface area contributed by atoms with Gasteiger partial charge in [-0.3, -0.25) is 4.79 Å². The lowest BCUT2D eigenvalue weighted by molar-refractivity contribution is -0.121. The number of ether oxygens (including phenoxy) is 2. The molecule has 2 rings (SSSR count). The lowest BCUT2D eigenvalue weighted by atomic mass is 9.87. The Kier molecular flexibility index (Phi) is 3.81. The molecule has 0 bridgehead atoms. The van der Waals surface area contributed by atoms with Crippen molar-refractivity contribution < 1.29 is 14.3 Å². The first-order chi connectivity index (χ1) is 9.58. The van der Waals surface area contributed by atoms with E-state index in [2.05, 4.69) is 34.6 Å². The predicted octanol–water partition coefficient (Wildman–Crippen LogP) is 4.07. The molecule has 0 saturated carbocycles. The number of rotatable bonds is 2. The van der Waals surface area contributed by atoms with Crippen LogP contribution in [0.4, 0.5) is 0 Å². The van der Waals surface area contributed by atoms with Crippen LogP contribution >= 0.6 is 0 Å². The molecule has 116 valence electrons. The summed E-state index contributed by atoms with van der Waals surface area (Å²) in [4.78, 5) is 11.3. The molecule has 21 heavy (non-hydrogen) atoms. The Labute approximate surface area is 127 Å². The van der Waals surface area contributed by atoms with Crippen molar-refractivity contribution in [1.29, 1.82) is 0 Å². The average molecular weight is 290 g/mol. The van der Waals surface area contributed by atoms with Crippen LogP contribution in [0.1, 0.15) is 56.4 Å². The fraction of sp³-hybridized carbons (Fsp3) is 0.611. The minimum Gasteiger partial charge on any atom is -0.488 e. The molecule has 0 aliphatic carbocycles.